The number of amides is 1. The number of aromatic nitrogens is 3. The molecule has 5 N–H and O–H groups in total. The Morgan fingerprint density at radius 3 is 2.83 bits per heavy atom. The number of imidazole rings is 1. The molecule has 6 rings (SSSR count). The number of hydrogen-bond donors (Lipinski definition) is 4. The Bertz CT molecular complexity index is 1650. The molecule has 1 fully saturated rings. The highest BCUT2D eigenvalue weighted by Crippen LogP contribution is 2.47. The highest BCUT2D eigenvalue weighted by Gasteiger charge is 2.46. The maximum Gasteiger partial charge on any atom is 0.296 e. The summed E-state index contributed by atoms with van der Waals surface area (Å²) < 4.78 is 2.24. The molecule has 10 heteroatoms. The highest BCUT2D eigenvalue weighted by atomic mass is 16.3. The van der Waals surface area contributed by atoms with E-state index >= 15 is 0 Å². The quantitative estimate of drug-likeness (QED) is 0.281. The van der Waals surface area contributed by atoms with Crippen LogP contribution in [0.15, 0.2) is 53.7 Å². The van der Waals surface area contributed by atoms with Crippen molar-refractivity contribution in [3.8, 4) is 29.2 Å². The molecule has 0 spiro atoms. The molecule has 4 atom stereocenters. The van der Waals surface area contributed by atoms with Crippen LogP contribution in [0.1, 0.15) is 67.5 Å². The van der Waals surface area contributed by atoms with Crippen LogP contribution in [0.2, 0.25) is 0 Å². The van der Waals surface area contributed by atoms with Gasteiger partial charge in [0.2, 0.25) is 0 Å². The van der Waals surface area contributed by atoms with Gasteiger partial charge in [0, 0.05) is 23.4 Å². The number of anilines is 1. The van der Waals surface area contributed by atoms with Crippen LogP contribution >= 0.6 is 0 Å². The Kier molecular flexibility index (Phi) is 6.54. The maximum absolute atomic E-state index is 11.9. The number of aliphatic hydroxyl groups is 1. The van der Waals surface area contributed by atoms with Crippen molar-refractivity contribution in [1.82, 2.24) is 19.9 Å². The summed E-state index contributed by atoms with van der Waals surface area (Å²) in [5, 5.41) is 25.7. The van der Waals surface area contributed by atoms with E-state index in [0.29, 0.717) is 29.2 Å². The lowest BCUT2D eigenvalue weighted by atomic mass is 9.94. The normalized spacial score (nSPS) is 21.3. The molecule has 10 nitrogen and oxygen atoms in total. The number of rotatable bonds is 6. The molecule has 3 aliphatic rings. The molecule has 3 heterocycles. The molecule has 1 aromatic carbocycles. The summed E-state index contributed by atoms with van der Waals surface area (Å²) in [4.78, 5) is 25.8. The van der Waals surface area contributed by atoms with Gasteiger partial charge in [0.15, 0.2) is 6.23 Å². The first-order chi connectivity index (χ1) is 19.4. The number of aliphatic imine (C=N–C) groups is 1. The molecular formula is C30H28N8O2. The van der Waals surface area contributed by atoms with Crippen LogP contribution in [0, 0.1) is 23.2 Å². The van der Waals surface area contributed by atoms with Gasteiger partial charge in [-0.05, 0) is 56.2 Å². The predicted molar refractivity (Wildman–Crippen MR) is 151 cm³/mol. The molecule has 0 saturated heterocycles. The number of amidine groups is 1. The zero-order valence-electron chi connectivity index (χ0n) is 21.9. The van der Waals surface area contributed by atoms with E-state index < -0.39 is 6.23 Å². The molecule has 3 unspecified atom stereocenters. The molecule has 0 radical (unpaired) electrons. The molecule has 1 aliphatic heterocycles. The van der Waals surface area contributed by atoms with Gasteiger partial charge in [0.1, 0.15) is 28.9 Å². The average molecular weight is 533 g/mol. The second-order valence-corrected chi connectivity index (χ2v) is 10.1. The Morgan fingerprint density at radius 2 is 2.10 bits per heavy atom. The highest BCUT2D eigenvalue weighted by molar-refractivity contribution is 6.03. The van der Waals surface area contributed by atoms with Crippen molar-refractivity contribution in [2.45, 2.75) is 57.0 Å². The summed E-state index contributed by atoms with van der Waals surface area (Å²) in [6.07, 6.45) is 5.92. The van der Waals surface area contributed by atoms with E-state index in [1.807, 2.05) is 24.3 Å². The van der Waals surface area contributed by atoms with Gasteiger partial charge in [-0.2, -0.15) is 5.26 Å². The zero-order chi connectivity index (χ0) is 27.8. The van der Waals surface area contributed by atoms with Gasteiger partial charge in [-0.3, -0.25) is 9.79 Å². The first-order valence-corrected chi connectivity index (χ1v) is 13.2. The second-order valence-electron chi connectivity index (χ2n) is 10.1. The van der Waals surface area contributed by atoms with E-state index in [9.17, 15) is 9.90 Å². The van der Waals surface area contributed by atoms with Crippen molar-refractivity contribution in [3.05, 3.63) is 71.3 Å². The Morgan fingerprint density at radius 1 is 1.27 bits per heavy atom. The molecule has 0 bridgehead atoms. The smallest absolute Gasteiger partial charge is 0.296 e. The van der Waals surface area contributed by atoms with Crippen LogP contribution in [0.4, 0.5) is 5.82 Å². The third kappa shape index (κ3) is 4.81. The summed E-state index contributed by atoms with van der Waals surface area (Å²) in [5.74, 6) is 6.74. The molecule has 2 aromatic heterocycles. The Hall–Kier alpha value is -4.93. The second kappa shape index (κ2) is 10.3. The number of aliphatic hydroxyl groups excluding tert-OH is 1. The number of nitrogens with one attached hydrogen (secondary N) is 2. The van der Waals surface area contributed by atoms with Crippen LogP contribution < -0.4 is 16.4 Å². The maximum atomic E-state index is 11.9. The van der Waals surface area contributed by atoms with Gasteiger partial charge in [0.05, 0.1) is 23.7 Å². The van der Waals surface area contributed by atoms with Crippen LogP contribution in [0.3, 0.4) is 0 Å². The number of nitriles is 1. The zero-order valence-corrected chi connectivity index (χ0v) is 21.9. The number of pyridine rings is 1. The Balaban J connectivity index is 1.27. The van der Waals surface area contributed by atoms with Crippen molar-refractivity contribution < 1.29 is 9.90 Å². The minimum Gasteiger partial charge on any atom is -0.382 e. The van der Waals surface area contributed by atoms with Crippen molar-refractivity contribution in [2.75, 3.05) is 5.32 Å². The molecule has 2 aliphatic carbocycles. The number of carbonyl (C=O) groups excluding carboxylic acids is 1. The van der Waals surface area contributed by atoms with E-state index in [-0.39, 0.29) is 24.0 Å². The standard InChI is InChI=1S/C30H28N8O2/c1-2-3-25(39)34-21-10-8-19(9-11-21)29-37-26(27-28(32)35-22-15-23(22)38(27)29)18-4-6-20(7-5-18)30(40)36-24-14-17(16-31)12-13-33-24/h4-8,12-14,21-23,30,40H,9-11,15H2,1H3,(H2,32,35)(H,33,36)(H,34,39)/t21?,22?,23-,30?/m0/s1. The number of nitrogens with two attached hydrogens (primary N) is 1. The number of allylic oxidation sites excluding steroid dienone is 1. The van der Waals surface area contributed by atoms with Crippen LogP contribution in [-0.2, 0) is 4.79 Å². The summed E-state index contributed by atoms with van der Waals surface area (Å²) in [7, 11) is 0. The minimum absolute atomic E-state index is 0.0535. The van der Waals surface area contributed by atoms with E-state index in [1.54, 1.807) is 19.1 Å². The van der Waals surface area contributed by atoms with E-state index in [2.05, 4.69) is 49.2 Å². The summed E-state index contributed by atoms with van der Waals surface area (Å²) in [6, 6.07) is 13.2. The fourth-order valence-electron chi connectivity index (χ4n) is 5.38. The number of fused-ring (bicyclic) bond motifs is 3. The van der Waals surface area contributed by atoms with Crippen LogP contribution in [-0.4, -0.2) is 43.5 Å². The summed E-state index contributed by atoms with van der Waals surface area (Å²) in [5.41, 5.74) is 11.2. The number of benzene rings is 1. The first-order valence-electron chi connectivity index (χ1n) is 13.2. The topological polar surface area (TPSA) is 154 Å². The molecule has 200 valence electrons. The number of hydrogen-bond acceptors (Lipinski definition) is 8. The number of carbonyl (C=O) groups is 1. The monoisotopic (exact) mass is 532 g/mol. The van der Waals surface area contributed by atoms with Gasteiger partial charge >= 0.3 is 0 Å². The van der Waals surface area contributed by atoms with Gasteiger partial charge in [-0.25, -0.2) is 9.97 Å². The van der Waals surface area contributed by atoms with Gasteiger partial charge in [0.25, 0.3) is 5.91 Å². The van der Waals surface area contributed by atoms with Crippen molar-refractivity contribution in [2.24, 2.45) is 10.7 Å². The molecule has 1 saturated carbocycles. The number of nitrogens with zero attached hydrogens (tertiary/aromatic N) is 5. The predicted octanol–water partition coefficient (Wildman–Crippen LogP) is 3.03. The van der Waals surface area contributed by atoms with Gasteiger partial charge < -0.3 is 26.0 Å². The molecule has 1 amide bonds. The minimum atomic E-state index is -1.01. The van der Waals surface area contributed by atoms with Crippen molar-refractivity contribution >= 4 is 23.1 Å². The van der Waals surface area contributed by atoms with Crippen molar-refractivity contribution in [1.29, 1.82) is 5.26 Å². The SMILES string of the molecule is CC#CC(=O)NC1CC=C(c2nc(-c3ccc(C(O)Nc4cc(C#N)ccn4)cc3)c3n2[C@H]2CC2N=C3N)CC1. The fourth-order valence-corrected chi connectivity index (χ4v) is 5.38. The van der Waals surface area contributed by atoms with Crippen molar-refractivity contribution in [3.63, 3.8) is 0 Å². The molecular weight excluding hydrogens is 504 g/mol. The summed E-state index contributed by atoms with van der Waals surface area (Å²) in [6.45, 7) is 1.65. The first kappa shape index (κ1) is 25.4. The summed E-state index contributed by atoms with van der Waals surface area (Å²) >= 11 is 0. The lowest BCUT2D eigenvalue weighted by Gasteiger charge is -2.23. The third-order valence-corrected chi connectivity index (χ3v) is 7.46. The largest absolute Gasteiger partial charge is 0.382 e. The Labute approximate surface area is 231 Å². The van der Waals surface area contributed by atoms with Crippen LogP contribution in [0.25, 0.3) is 16.8 Å². The molecule has 3 aromatic rings. The van der Waals surface area contributed by atoms with E-state index in [1.165, 1.54) is 6.20 Å². The fraction of sp³-hybridized carbons (Fsp3) is 0.300. The lowest BCUT2D eigenvalue weighted by Crippen LogP contribution is -2.35. The van der Waals surface area contributed by atoms with Gasteiger partial charge in [-0.15, -0.1) is 0 Å². The van der Waals surface area contributed by atoms with E-state index in [0.717, 1.165) is 47.6 Å². The third-order valence-electron chi connectivity index (χ3n) is 7.46. The lowest BCUT2D eigenvalue weighted by molar-refractivity contribution is -0.116. The molecule has 40 heavy (non-hydrogen) atoms. The average Bonchev–Trinajstić information content (AvgIpc) is 3.62. The van der Waals surface area contributed by atoms with Crippen LogP contribution in [0.5, 0.6) is 0 Å². The van der Waals surface area contributed by atoms with Gasteiger partial charge in [-0.1, -0.05) is 36.3 Å². The van der Waals surface area contributed by atoms with E-state index in [4.69, 9.17) is 16.0 Å².